The summed E-state index contributed by atoms with van der Waals surface area (Å²) in [6.07, 6.45) is 2.65. The van der Waals surface area contributed by atoms with Crippen LogP contribution in [-0.2, 0) is 0 Å². The number of hydrogen-bond donors (Lipinski definition) is 0. The first-order chi connectivity index (χ1) is 8.72. The van der Waals surface area contributed by atoms with E-state index in [4.69, 9.17) is 4.74 Å². The zero-order valence-electron chi connectivity index (χ0n) is 11.2. The molecule has 1 aromatic carbocycles. The molecule has 0 aliphatic heterocycles. The number of rotatable bonds is 7. The summed E-state index contributed by atoms with van der Waals surface area (Å²) in [6.45, 7) is 4.65. The number of ether oxygens (including phenoxy) is 1. The first kappa shape index (κ1) is 13.1. The Morgan fingerprint density at radius 2 is 2.00 bits per heavy atom. The van der Waals surface area contributed by atoms with E-state index >= 15 is 0 Å². The van der Waals surface area contributed by atoms with Gasteiger partial charge >= 0.3 is 0 Å². The number of hydrogen-bond acceptors (Lipinski definition) is 3. The molecule has 1 aliphatic rings. The van der Waals surface area contributed by atoms with Gasteiger partial charge in [-0.25, -0.2) is 0 Å². The standard InChI is InChI=1S/C15H21NO2/c1-3-16(10-12-4-5-12)11-15(17)13-6-8-14(18-2)9-7-13/h6-9,12H,3-5,10-11H2,1-2H3. The van der Waals surface area contributed by atoms with Crippen molar-refractivity contribution >= 4 is 5.78 Å². The highest BCUT2D eigenvalue weighted by atomic mass is 16.5. The Hall–Kier alpha value is -1.35. The van der Waals surface area contributed by atoms with E-state index in [-0.39, 0.29) is 5.78 Å². The van der Waals surface area contributed by atoms with Crippen LogP contribution in [0.15, 0.2) is 24.3 Å². The van der Waals surface area contributed by atoms with Gasteiger partial charge in [-0.1, -0.05) is 6.92 Å². The van der Waals surface area contributed by atoms with Crippen molar-refractivity contribution in [2.75, 3.05) is 26.7 Å². The number of Topliss-reactive ketones (excluding diaryl/α,β-unsaturated/α-hetero) is 1. The lowest BCUT2D eigenvalue weighted by molar-refractivity contribution is 0.0931. The molecule has 0 aromatic heterocycles. The predicted molar refractivity (Wildman–Crippen MR) is 72.2 cm³/mol. The summed E-state index contributed by atoms with van der Waals surface area (Å²) >= 11 is 0. The Labute approximate surface area is 109 Å². The summed E-state index contributed by atoms with van der Waals surface area (Å²) < 4.78 is 5.09. The lowest BCUT2D eigenvalue weighted by atomic mass is 10.1. The van der Waals surface area contributed by atoms with Crippen molar-refractivity contribution in [3.05, 3.63) is 29.8 Å². The van der Waals surface area contributed by atoms with Crippen molar-refractivity contribution < 1.29 is 9.53 Å². The van der Waals surface area contributed by atoms with Gasteiger partial charge in [0, 0.05) is 12.1 Å². The maximum absolute atomic E-state index is 12.1. The first-order valence-electron chi connectivity index (χ1n) is 6.62. The minimum Gasteiger partial charge on any atom is -0.497 e. The molecule has 3 heteroatoms. The van der Waals surface area contributed by atoms with E-state index in [1.807, 2.05) is 24.3 Å². The topological polar surface area (TPSA) is 29.5 Å². The molecule has 2 rings (SSSR count). The van der Waals surface area contributed by atoms with Crippen LogP contribution in [0.4, 0.5) is 0 Å². The van der Waals surface area contributed by atoms with Gasteiger partial charge in [0.1, 0.15) is 5.75 Å². The highest BCUT2D eigenvalue weighted by Crippen LogP contribution is 2.29. The highest BCUT2D eigenvalue weighted by Gasteiger charge is 2.24. The number of carbonyl (C=O) groups is 1. The zero-order chi connectivity index (χ0) is 13.0. The molecule has 0 spiro atoms. The fraction of sp³-hybridized carbons (Fsp3) is 0.533. The van der Waals surface area contributed by atoms with Crippen LogP contribution >= 0.6 is 0 Å². The Balaban J connectivity index is 1.91. The van der Waals surface area contributed by atoms with Crippen LogP contribution in [0.1, 0.15) is 30.1 Å². The molecule has 18 heavy (non-hydrogen) atoms. The van der Waals surface area contributed by atoms with Gasteiger partial charge in [-0.3, -0.25) is 9.69 Å². The third kappa shape index (κ3) is 3.57. The Morgan fingerprint density at radius 3 is 2.50 bits per heavy atom. The molecule has 0 heterocycles. The number of likely N-dealkylation sites (N-methyl/N-ethyl adjacent to an activating group) is 1. The van der Waals surface area contributed by atoms with Gasteiger partial charge in [-0.15, -0.1) is 0 Å². The molecule has 0 radical (unpaired) electrons. The van der Waals surface area contributed by atoms with Crippen LogP contribution < -0.4 is 4.74 Å². The smallest absolute Gasteiger partial charge is 0.176 e. The number of ketones is 1. The Morgan fingerprint density at radius 1 is 1.33 bits per heavy atom. The van der Waals surface area contributed by atoms with Crippen LogP contribution in [0.2, 0.25) is 0 Å². The zero-order valence-corrected chi connectivity index (χ0v) is 11.2. The van der Waals surface area contributed by atoms with E-state index in [0.29, 0.717) is 6.54 Å². The van der Waals surface area contributed by atoms with E-state index in [1.165, 1.54) is 12.8 Å². The van der Waals surface area contributed by atoms with Crippen LogP contribution in [-0.4, -0.2) is 37.4 Å². The van der Waals surface area contributed by atoms with Gasteiger partial charge < -0.3 is 4.74 Å². The third-order valence-corrected chi connectivity index (χ3v) is 3.44. The van der Waals surface area contributed by atoms with Crippen LogP contribution in [0.5, 0.6) is 5.75 Å². The predicted octanol–water partition coefficient (Wildman–Crippen LogP) is 2.61. The van der Waals surface area contributed by atoms with Crippen molar-refractivity contribution in [1.82, 2.24) is 4.90 Å². The summed E-state index contributed by atoms with van der Waals surface area (Å²) in [5.41, 5.74) is 0.769. The molecule has 0 unspecified atom stereocenters. The molecule has 0 saturated heterocycles. The number of benzene rings is 1. The average Bonchev–Trinajstić information content (AvgIpc) is 3.22. The fourth-order valence-electron chi connectivity index (χ4n) is 2.04. The van der Waals surface area contributed by atoms with E-state index in [9.17, 15) is 4.79 Å². The van der Waals surface area contributed by atoms with Crippen molar-refractivity contribution in [1.29, 1.82) is 0 Å². The summed E-state index contributed by atoms with van der Waals surface area (Å²) in [5, 5.41) is 0. The minimum absolute atomic E-state index is 0.195. The largest absolute Gasteiger partial charge is 0.497 e. The Kier molecular flexibility index (Phi) is 4.37. The first-order valence-corrected chi connectivity index (χ1v) is 6.62. The molecular formula is C15H21NO2. The molecule has 0 bridgehead atoms. The van der Waals surface area contributed by atoms with E-state index in [1.54, 1.807) is 7.11 Å². The summed E-state index contributed by atoms with van der Waals surface area (Å²) in [4.78, 5) is 14.4. The van der Waals surface area contributed by atoms with E-state index < -0.39 is 0 Å². The molecular weight excluding hydrogens is 226 g/mol. The maximum atomic E-state index is 12.1. The quantitative estimate of drug-likeness (QED) is 0.694. The minimum atomic E-state index is 0.195. The molecule has 3 nitrogen and oxygen atoms in total. The van der Waals surface area contributed by atoms with Gasteiger partial charge in [0.25, 0.3) is 0 Å². The van der Waals surface area contributed by atoms with Gasteiger partial charge in [0.05, 0.1) is 13.7 Å². The molecule has 1 aromatic rings. The van der Waals surface area contributed by atoms with Crippen molar-refractivity contribution in [3.63, 3.8) is 0 Å². The van der Waals surface area contributed by atoms with Crippen molar-refractivity contribution in [2.24, 2.45) is 5.92 Å². The van der Waals surface area contributed by atoms with Crippen LogP contribution in [0.25, 0.3) is 0 Å². The monoisotopic (exact) mass is 247 g/mol. The van der Waals surface area contributed by atoms with Crippen LogP contribution in [0, 0.1) is 5.92 Å². The molecule has 1 aliphatic carbocycles. The van der Waals surface area contributed by atoms with Gasteiger partial charge in [-0.05, 0) is 49.6 Å². The second-order valence-corrected chi connectivity index (χ2v) is 4.92. The van der Waals surface area contributed by atoms with Gasteiger partial charge in [-0.2, -0.15) is 0 Å². The van der Waals surface area contributed by atoms with Crippen molar-refractivity contribution in [3.8, 4) is 5.75 Å². The summed E-state index contributed by atoms with van der Waals surface area (Å²) in [5.74, 6) is 1.81. The van der Waals surface area contributed by atoms with Crippen LogP contribution in [0.3, 0.4) is 0 Å². The van der Waals surface area contributed by atoms with Gasteiger partial charge in [0.15, 0.2) is 5.78 Å². The summed E-state index contributed by atoms with van der Waals surface area (Å²) in [6, 6.07) is 7.35. The second-order valence-electron chi connectivity index (χ2n) is 4.92. The Bertz CT molecular complexity index is 395. The average molecular weight is 247 g/mol. The maximum Gasteiger partial charge on any atom is 0.176 e. The highest BCUT2D eigenvalue weighted by molar-refractivity contribution is 5.97. The molecule has 0 N–H and O–H groups in total. The fourth-order valence-corrected chi connectivity index (χ4v) is 2.04. The molecule has 1 fully saturated rings. The molecule has 0 atom stereocenters. The number of methoxy groups -OCH3 is 1. The third-order valence-electron chi connectivity index (χ3n) is 3.44. The lowest BCUT2D eigenvalue weighted by Crippen LogP contribution is -2.31. The van der Waals surface area contributed by atoms with E-state index in [0.717, 1.165) is 30.3 Å². The summed E-state index contributed by atoms with van der Waals surface area (Å²) in [7, 11) is 1.63. The van der Waals surface area contributed by atoms with Gasteiger partial charge in [0.2, 0.25) is 0 Å². The molecule has 0 amide bonds. The second kappa shape index (κ2) is 6.01. The molecule has 1 saturated carbocycles. The molecule has 98 valence electrons. The number of nitrogens with zero attached hydrogens (tertiary/aromatic N) is 1. The lowest BCUT2D eigenvalue weighted by Gasteiger charge is -2.19. The van der Waals surface area contributed by atoms with E-state index in [2.05, 4.69) is 11.8 Å². The SMILES string of the molecule is CCN(CC(=O)c1ccc(OC)cc1)CC1CC1. The normalized spacial score (nSPS) is 14.8. The number of carbonyl (C=O) groups excluding carboxylic acids is 1. The van der Waals surface area contributed by atoms with Crippen molar-refractivity contribution in [2.45, 2.75) is 19.8 Å².